The summed E-state index contributed by atoms with van der Waals surface area (Å²) in [6, 6.07) is 0.277. The third-order valence-corrected chi connectivity index (χ3v) is 4.43. The minimum absolute atomic E-state index is 0.104. The van der Waals surface area contributed by atoms with Gasteiger partial charge >= 0.3 is 0 Å². The summed E-state index contributed by atoms with van der Waals surface area (Å²) < 4.78 is 5.73. The van der Waals surface area contributed by atoms with Gasteiger partial charge in [0.05, 0.1) is 16.8 Å². The molecule has 1 rings (SSSR count). The predicted octanol–water partition coefficient (Wildman–Crippen LogP) is 3.63. The van der Waals surface area contributed by atoms with Gasteiger partial charge < -0.3 is 10.1 Å². The topological polar surface area (TPSA) is 34.2 Å². The Bertz CT molecular complexity index is 415. The molecule has 0 amide bonds. The zero-order valence-corrected chi connectivity index (χ0v) is 15.0. The zero-order valence-electron chi connectivity index (χ0n) is 14.2. The monoisotopic (exact) mass is 298 g/mol. The number of hydrogen-bond acceptors (Lipinski definition) is 4. The lowest BCUT2D eigenvalue weighted by Gasteiger charge is -2.35. The van der Waals surface area contributed by atoms with Gasteiger partial charge in [0.2, 0.25) is 0 Å². The molecule has 3 nitrogen and oxygen atoms in total. The third-order valence-electron chi connectivity index (χ3n) is 3.56. The van der Waals surface area contributed by atoms with Gasteiger partial charge in [0.1, 0.15) is 0 Å². The summed E-state index contributed by atoms with van der Waals surface area (Å²) in [5.74, 6) is 0. The number of nitrogens with zero attached hydrogens (tertiary/aromatic N) is 1. The molecule has 1 aromatic rings. The van der Waals surface area contributed by atoms with Crippen molar-refractivity contribution in [3.8, 4) is 0 Å². The molecule has 2 unspecified atom stereocenters. The zero-order chi connectivity index (χ0) is 15.6. The first-order valence-corrected chi connectivity index (χ1v) is 8.12. The molecular formula is C16H30N2OS. The molecule has 0 aromatic carbocycles. The molecule has 0 bridgehead atoms. The predicted molar refractivity (Wildman–Crippen MR) is 87.6 cm³/mol. The van der Waals surface area contributed by atoms with Gasteiger partial charge in [0, 0.05) is 30.4 Å². The van der Waals surface area contributed by atoms with Crippen LogP contribution in [-0.4, -0.2) is 31.3 Å². The minimum Gasteiger partial charge on any atom is -0.379 e. The highest BCUT2D eigenvalue weighted by Crippen LogP contribution is 2.28. The van der Waals surface area contributed by atoms with Crippen LogP contribution in [0, 0.1) is 5.41 Å². The average Bonchev–Trinajstić information content (AvgIpc) is 2.75. The molecule has 0 aliphatic carbocycles. The number of rotatable bonds is 5. The molecule has 0 saturated heterocycles. The van der Waals surface area contributed by atoms with E-state index in [1.54, 1.807) is 18.4 Å². The summed E-state index contributed by atoms with van der Waals surface area (Å²) in [6.07, 6.45) is 1.07. The van der Waals surface area contributed by atoms with Crippen molar-refractivity contribution in [2.45, 2.75) is 65.5 Å². The fourth-order valence-electron chi connectivity index (χ4n) is 2.42. The van der Waals surface area contributed by atoms with E-state index >= 15 is 0 Å². The first-order chi connectivity index (χ1) is 9.09. The summed E-state index contributed by atoms with van der Waals surface area (Å²) in [7, 11) is 3.80. The molecule has 0 aliphatic heterocycles. The number of thiazole rings is 1. The Morgan fingerprint density at radius 3 is 2.20 bits per heavy atom. The molecule has 1 N–H and O–H groups in total. The van der Waals surface area contributed by atoms with E-state index in [2.05, 4.69) is 52.2 Å². The normalized spacial score (nSPS) is 16.2. The van der Waals surface area contributed by atoms with Crippen molar-refractivity contribution in [2.24, 2.45) is 5.41 Å². The number of hydrogen-bond donors (Lipinski definition) is 1. The summed E-state index contributed by atoms with van der Waals surface area (Å²) >= 11 is 1.75. The van der Waals surface area contributed by atoms with Crippen molar-refractivity contribution in [3.63, 3.8) is 0 Å². The summed E-state index contributed by atoms with van der Waals surface area (Å²) in [4.78, 5) is 4.79. The fourth-order valence-corrected chi connectivity index (χ4v) is 3.50. The number of methoxy groups -OCH3 is 1. The van der Waals surface area contributed by atoms with Gasteiger partial charge in [0.25, 0.3) is 0 Å². The Morgan fingerprint density at radius 1 is 1.25 bits per heavy atom. The number of nitrogens with one attached hydrogen (secondary N) is 1. The number of aromatic nitrogens is 1. The largest absolute Gasteiger partial charge is 0.379 e. The van der Waals surface area contributed by atoms with Crippen molar-refractivity contribution in [1.29, 1.82) is 0 Å². The smallest absolute Gasteiger partial charge is 0.0945 e. The van der Waals surface area contributed by atoms with Crippen molar-refractivity contribution in [1.82, 2.24) is 10.3 Å². The van der Waals surface area contributed by atoms with Crippen molar-refractivity contribution >= 4 is 11.3 Å². The summed E-state index contributed by atoms with van der Waals surface area (Å²) in [5, 5.41) is 6.76. The lowest BCUT2D eigenvalue weighted by atomic mass is 9.83. The van der Waals surface area contributed by atoms with Crippen LogP contribution in [0.15, 0.2) is 5.38 Å². The van der Waals surface area contributed by atoms with Gasteiger partial charge in [-0.25, -0.2) is 4.98 Å². The first kappa shape index (κ1) is 17.6. The van der Waals surface area contributed by atoms with Crippen LogP contribution in [0.3, 0.4) is 0 Å². The second-order valence-electron chi connectivity index (χ2n) is 7.50. The van der Waals surface area contributed by atoms with E-state index in [1.165, 1.54) is 10.7 Å². The van der Waals surface area contributed by atoms with E-state index in [4.69, 9.17) is 9.72 Å². The van der Waals surface area contributed by atoms with Crippen molar-refractivity contribution in [3.05, 3.63) is 16.1 Å². The maximum atomic E-state index is 5.73. The lowest BCUT2D eigenvalue weighted by Crippen LogP contribution is -2.47. The Labute approximate surface area is 128 Å². The second kappa shape index (κ2) is 6.54. The fraction of sp³-hybridized carbons (Fsp3) is 0.812. The van der Waals surface area contributed by atoms with Crippen LogP contribution in [0.1, 0.15) is 52.2 Å². The highest BCUT2D eigenvalue weighted by atomic mass is 32.1. The van der Waals surface area contributed by atoms with E-state index in [0.29, 0.717) is 0 Å². The van der Waals surface area contributed by atoms with E-state index in [-0.39, 0.29) is 23.0 Å². The van der Waals surface area contributed by atoms with Gasteiger partial charge in [0.15, 0.2) is 0 Å². The maximum absolute atomic E-state index is 5.73. The Kier molecular flexibility index (Phi) is 5.76. The number of likely N-dealkylation sites (N-methyl/N-ethyl adjacent to an activating group) is 1. The number of ether oxygens (including phenoxy) is 1. The Hall–Kier alpha value is -0.450. The minimum atomic E-state index is 0.104. The van der Waals surface area contributed by atoms with Crippen LogP contribution in [-0.2, 0) is 16.6 Å². The van der Waals surface area contributed by atoms with Crippen molar-refractivity contribution in [2.75, 3.05) is 14.2 Å². The molecule has 1 heterocycles. The maximum Gasteiger partial charge on any atom is 0.0945 e. The molecule has 20 heavy (non-hydrogen) atoms. The molecule has 2 atom stereocenters. The highest BCUT2D eigenvalue weighted by Gasteiger charge is 2.32. The lowest BCUT2D eigenvalue weighted by molar-refractivity contribution is -0.00923. The van der Waals surface area contributed by atoms with Crippen LogP contribution in [0.5, 0.6) is 0 Å². The van der Waals surface area contributed by atoms with Gasteiger partial charge in [-0.2, -0.15) is 0 Å². The Morgan fingerprint density at radius 2 is 1.85 bits per heavy atom. The molecule has 116 valence electrons. The van der Waals surface area contributed by atoms with Gasteiger partial charge in [-0.05, 0) is 12.5 Å². The van der Waals surface area contributed by atoms with Crippen LogP contribution < -0.4 is 5.32 Å². The SMILES string of the molecule is CNC(Cc1nc(C(C)(C)C)cs1)C(OC)C(C)(C)C. The molecule has 0 aliphatic rings. The van der Waals surface area contributed by atoms with Crippen LogP contribution in [0.2, 0.25) is 0 Å². The second-order valence-corrected chi connectivity index (χ2v) is 8.44. The van der Waals surface area contributed by atoms with Gasteiger partial charge in [-0.3, -0.25) is 0 Å². The molecule has 0 saturated carbocycles. The molecule has 1 aromatic heterocycles. The first-order valence-electron chi connectivity index (χ1n) is 7.24. The van der Waals surface area contributed by atoms with Gasteiger partial charge in [-0.15, -0.1) is 11.3 Å². The molecule has 4 heteroatoms. The van der Waals surface area contributed by atoms with Gasteiger partial charge in [-0.1, -0.05) is 41.5 Å². The van der Waals surface area contributed by atoms with E-state index in [9.17, 15) is 0 Å². The average molecular weight is 298 g/mol. The standard InChI is InChI=1S/C16H30N2OS/c1-15(2,3)12-10-20-13(18-12)9-11(17-7)14(19-8)16(4,5)6/h10-11,14,17H,9H2,1-8H3. The quantitative estimate of drug-likeness (QED) is 0.901. The van der Waals surface area contributed by atoms with Crippen LogP contribution in [0.4, 0.5) is 0 Å². The summed E-state index contributed by atoms with van der Waals surface area (Å²) in [6.45, 7) is 13.3. The van der Waals surface area contributed by atoms with E-state index in [1.807, 2.05) is 7.05 Å². The molecule has 0 radical (unpaired) electrons. The molecule has 0 fully saturated rings. The third kappa shape index (κ3) is 4.54. The molecule has 0 spiro atoms. The van der Waals surface area contributed by atoms with Crippen LogP contribution in [0.25, 0.3) is 0 Å². The summed E-state index contributed by atoms with van der Waals surface area (Å²) in [5.41, 5.74) is 1.40. The highest BCUT2D eigenvalue weighted by molar-refractivity contribution is 7.09. The van der Waals surface area contributed by atoms with Crippen molar-refractivity contribution < 1.29 is 4.74 Å². The van der Waals surface area contributed by atoms with E-state index < -0.39 is 0 Å². The molecular weight excluding hydrogens is 268 g/mol. The van der Waals surface area contributed by atoms with E-state index in [0.717, 1.165) is 6.42 Å². The van der Waals surface area contributed by atoms with Crippen LogP contribution >= 0.6 is 11.3 Å². The Balaban J connectivity index is 2.86.